The monoisotopic (exact) mass is 247 g/mol. The minimum Gasteiger partial charge on any atom is -0.326 e. The molecule has 0 radical (unpaired) electrons. The number of benzene rings is 1. The number of aryl methyl sites for hydroxylation is 1. The SMILES string of the molecule is Cc1cccc(NC(=O)N2CCCCC2)c1CN. The smallest absolute Gasteiger partial charge is 0.321 e. The zero-order chi connectivity index (χ0) is 13.0. The second-order valence-electron chi connectivity index (χ2n) is 4.78. The first-order chi connectivity index (χ1) is 8.72. The van der Waals surface area contributed by atoms with Gasteiger partial charge in [-0.1, -0.05) is 12.1 Å². The standard InChI is InChI=1S/C14H21N3O/c1-11-6-5-7-13(12(11)10-15)16-14(18)17-8-3-2-4-9-17/h5-7H,2-4,8-10,15H2,1H3,(H,16,18). The van der Waals surface area contributed by atoms with Gasteiger partial charge in [0.15, 0.2) is 0 Å². The number of nitrogens with zero attached hydrogens (tertiary/aromatic N) is 1. The molecule has 0 atom stereocenters. The zero-order valence-electron chi connectivity index (χ0n) is 10.9. The van der Waals surface area contributed by atoms with Crippen molar-refractivity contribution in [3.63, 3.8) is 0 Å². The summed E-state index contributed by atoms with van der Waals surface area (Å²) in [6, 6.07) is 5.87. The van der Waals surface area contributed by atoms with E-state index in [1.807, 2.05) is 30.0 Å². The largest absolute Gasteiger partial charge is 0.326 e. The molecule has 98 valence electrons. The molecule has 18 heavy (non-hydrogen) atoms. The van der Waals surface area contributed by atoms with E-state index in [0.29, 0.717) is 6.54 Å². The minimum atomic E-state index is -0.00463. The predicted molar refractivity (Wildman–Crippen MR) is 73.5 cm³/mol. The van der Waals surface area contributed by atoms with E-state index in [9.17, 15) is 4.79 Å². The number of nitrogens with two attached hydrogens (primary N) is 1. The van der Waals surface area contributed by atoms with Crippen LogP contribution in [0.15, 0.2) is 18.2 Å². The van der Waals surface area contributed by atoms with E-state index < -0.39 is 0 Å². The number of hydrogen-bond donors (Lipinski definition) is 2. The lowest BCUT2D eigenvalue weighted by molar-refractivity contribution is 0.200. The maximum Gasteiger partial charge on any atom is 0.321 e. The van der Waals surface area contributed by atoms with Crippen molar-refractivity contribution < 1.29 is 4.79 Å². The van der Waals surface area contributed by atoms with Crippen molar-refractivity contribution in [2.24, 2.45) is 5.73 Å². The van der Waals surface area contributed by atoms with Gasteiger partial charge in [-0.05, 0) is 43.4 Å². The minimum absolute atomic E-state index is 0.00463. The molecule has 2 rings (SSSR count). The first-order valence-corrected chi connectivity index (χ1v) is 6.57. The Balaban J connectivity index is 2.08. The van der Waals surface area contributed by atoms with Crippen LogP contribution in [-0.4, -0.2) is 24.0 Å². The molecule has 0 aromatic heterocycles. The number of hydrogen-bond acceptors (Lipinski definition) is 2. The van der Waals surface area contributed by atoms with Crippen LogP contribution in [0.2, 0.25) is 0 Å². The molecule has 1 aliphatic heterocycles. The van der Waals surface area contributed by atoms with Crippen LogP contribution in [0, 0.1) is 6.92 Å². The molecule has 1 saturated heterocycles. The Morgan fingerprint density at radius 3 is 2.72 bits per heavy atom. The Morgan fingerprint density at radius 2 is 2.06 bits per heavy atom. The van der Waals surface area contributed by atoms with Crippen LogP contribution in [0.5, 0.6) is 0 Å². The van der Waals surface area contributed by atoms with Gasteiger partial charge in [0, 0.05) is 25.3 Å². The Hall–Kier alpha value is -1.55. The number of nitrogens with one attached hydrogen (secondary N) is 1. The van der Waals surface area contributed by atoms with Crippen molar-refractivity contribution in [3.05, 3.63) is 29.3 Å². The zero-order valence-corrected chi connectivity index (χ0v) is 10.9. The van der Waals surface area contributed by atoms with Gasteiger partial charge in [-0.2, -0.15) is 0 Å². The van der Waals surface area contributed by atoms with Gasteiger partial charge < -0.3 is 16.0 Å². The summed E-state index contributed by atoms with van der Waals surface area (Å²) in [4.78, 5) is 14.0. The summed E-state index contributed by atoms with van der Waals surface area (Å²) in [7, 11) is 0. The van der Waals surface area contributed by atoms with Gasteiger partial charge in [-0.3, -0.25) is 0 Å². The molecule has 1 heterocycles. The molecular formula is C14H21N3O. The fraction of sp³-hybridized carbons (Fsp3) is 0.500. The van der Waals surface area contributed by atoms with Crippen molar-refractivity contribution in [2.75, 3.05) is 18.4 Å². The molecule has 0 aliphatic carbocycles. The van der Waals surface area contributed by atoms with Gasteiger partial charge in [0.25, 0.3) is 0 Å². The molecule has 0 spiro atoms. The Morgan fingerprint density at radius 1 is 1.33 bits per heavy atom. The number of likely N-dealkylation sites (tertiary alicyclic amines) is 1. The van der Waals surface area contributed by atoms with E-state index in [-0.39, 0.29) is 6.03 Å². The van der Waals surface area contributed by atoms with E-state index in [1.165, 1.54) is 6.42 Å². The summed E-state index contributed by atoms with van der Waals surface area (Å²) in [5.41, 5.74) is 8.72. The second-order valence-corrected chi connectivity index (χ2v) is 4.78. The highest BCUT2D eigenvalue weighted by Gasteiger charge is 2.17. The lowest BCUT2D eigenvalue weighted by Crippen LogP contribution is -2.38. The number of anilines is 1. The first kappa shape index (κ1) is 12.9. The summed E-state index contributed by atoms with van der Waals surface area (Å²) in [6.07, 6.45) is 3.43. The molecule has 1 aromatic carbocycles. The number of rotatable bonds is 2. The molecule has 0 saturated carbocycles. The molecule has 0 bridgehead atoms. The summed E-state index contributed by atoms with van der Waals surface area (Å²) >= 11 is 0. The van der Waals surface area contributed by atoms with Crippen LogP contribution in [0.3, 0.4) is 0 Å². The summed E-state index contributed by atoms with van der Waals surface area (Å²) < 4.78 is 0. The second kappa shape index (κ2) is 5.87. The average Bonchev–Trinajstić information content (AvgIpc) is 2.40. The fourth-order valence-electron chi connectivity index (χ4n) is 2.38. The first-order valence-electron chi connectivity index (χ1n) is 6.57. The molecule has 3 N–H and O–H groups in total. The maximum absolute atomic E-state index is 12.1. The van der Waals surface area contributed by atoms with Crippen molar-refractivity contribution in [1.29, 1.82) is 0 Å². The molecule has 4 nitrogen and oxygen atoms in total. The summed E-state index contributed by atoms with van der Waals surface area (Å²) in [5.74, 6) is 0. The van der Waals surface area contributed by atoms with E-state index in [4.69, 9.17) is 5.73 Å². The molecular weight excluding hydrogens is 226 g/mol. The lowest BCUT2D eigenvalue weighted by atomic mass is 10.1. The topological polar surface area (TPSA) is 58.4 Å². The van der Waals surface area contributed by atoms with E-state index in [1.54, 1.807) is 0 Å². The van der Waals surface area contributed by atoms with Crippen LogP contribution in [0.1, 0.15) is 30.4 Å². The Labute approximate surface area is 108 Å². The van der Waals surface area contributed by atoms with Gasteiger partial charge in [0.2, 0.25) is 0 Å². The van der Waals surface area contributed by atoms with Crippen LogP contribution in [-0.2, 0) is 6.54 Å². The van der Waals surface area contributed by atoms with Crippen LogP contribution >= 0.6 is 0 Å². The third-order valence-corrected chi connectivity index (χ3v) is 3.50. The highest BCUT2D eigenvalue weighted by molar-refractivity contribution is 5.90. The van der Waals surface area contributed by atoms with Crippen LogP contribution in [0.4, 0.5) is 10.5 Å². The van der Waals surface area contributed by atoms with Gasteiger partial charge in [0.05, 0.1) is 0 Å². The van der Waals surface area contributed by atoms with Gasteiger partial charge in [-0.25, -0.2) is 4.79 Å². The van der Waals surface area contributed by atoms with Crippen molar-refractivity contribution in [3.8, 4) is 0 Å². The third kappa shape index (κ3) is 2.82. The normalized spacial score (nSPS) is 15.6. The summed E-state index contributed by atoms with van der Waals surface area (Å²) in [5, 5.41) is 2.98. The van der Waals surface area contributed by atoms with E-state index in [2.05, 4.69) is 5.32 Å². The van der Waals surface area contributed by atoms with E-state index >= 15 is 0 Å². The molecule has 1 aliphatic rings. The van der Waals surface area contributed by atoms with Crippen LogP contribution in [0.25, 0.3) is 0 Å². The number of amides is 2. The third-order valence-electron chi connectivity index (χ3n) is 3.50. The maximum atomic E-state index is 12.1. The average molecular weight is 247 g/mol. The molecule has 1 aromatic rings. The van der Waals surface area contributed by atoms with Crippen molar-refractivity contribution in [2.45, 2.75) is 32.7 Å². The highest BCUT2D eigenvalue weighted by atomic mass is 16.2. The van der Waals surface area contributed by atoms with Gasteiger partial charge >= 0.3 is 6.03 Å². The Kier molecular flexibility index (Phi) is 4.20. The number of piperidine rings is 1. The molecule has 0 unspecified atom stereocenters. The number of carbonyl (C=O) groups is 1. The van der Waals surface area contributed by atoms with Gasteiger partial charge in [0.1, 0.15) is 0 Å². The van der Waals surface area contributed by atoms with Crippen LogP contribution < -0.4 is 11.1 Å². The quantitative estimate of drug-likeness (QED) is 0.843. The van der Waals surface area contributed by atoms with Crippen molar-refractivity contribution in [1.82, 2.24) is 4.90 Å². The lowest BCUT2D eigenvalue weighted by Gasteiger charge is -2.27. The molecule has 4 heteroatoms. The fourth-order valence-corrected chi connectivity index (χ4v) is 2.38. The van der Waals surface area contributed by atoms with Crippen molar-refractivity contribution >= 4 is 11.7 Å². The number of carbonyl (C=O) groups excluding carboxylic acids is 1. The predicted octanol–water partition coefficient (Wildman–Crippen LogP) is 2.47. The molecule has 1 fully saturated rings. The Bertz CT molecular complexity index is 425. The highest BCUT2D eigenvalue weighted by Crippen LogP contribution is 2.20. The summed E-state index contributed by atoms with van der Waals surface area (Å²) in [6.45, 7) is 4.17. The van der Waals surface area contributed by atoms with Gasteiger partial charge in [-0.15, -0.1) is 0 Å². The number of urea groups is 1. The van der Waals surface area contributed by atoms with E-state index in [0.717, 1.165) is 42.7 Å². The molecule has 2 amide bonds.